The summed E-state index contributed by atoms with van der Waals surface area (Å²) in [5.41, 5.74) is 11.3. The standard InChI is InChI=1S/C13H18O5.C6H14N2.2H2O.Pt/c1-8-7-11(15)12(13(16)18-8)10(14)5-4-9-3-2-6-17-9;7-5-3-1-2-4-6(5)8;;;/h8-9,12H,2-7H2,1H3;5-6H,1-4,7-8H2;2*1H2;/q;;;;+1/p-1/t;5-,6-;;;/m.1.../s1. The minimum absolute atomic E-state index is 0. The molecular weight excluding hydrogens is 563 g/mol. The van der Waals surface area contributed by atoms with E-state index in [9.17, 15) is 14.4 Å². The van der Waals surface area contributed by atoms with Gasteiger partial charge in [-0.1, -0.05) is 12.8 Å². The van der Waals surface area contributed by atoms with Crippen molar-refractivity contribution >= 4 is 17.5 Å². The Bertz CT molecular complexity index is 487. The molecule has 0 aromatic heterocycles. The maximum atomic E-state index is 11.9. The second kappa shape index (κ2) is 15.2. The number of Topliss-reactive ketones (excluding diaryl/α,β-unsaturated/α-hetero) is 2. The number of esters is 1. The predicted octanol–water partition coefficient (Wildman–Crippen LogP) is -0.134. The van der Waals surface area contributed by atoms with Crippen molar-refractivity contribution in [3.05, 3.63) is 0 Å². The van der Waals surface area contributed by atoms with Gasteiger partial charge in [-0.2, -0.15) is 0 Å². The summed E-state index contributed by atoms with van der Waals surface area (Å²) >= 11 is 1.14. The molecule has 3 aliphatic rings. The number of hydrogen-bond acceptors (Lipinski definition) is 8. The van der Waals surface area contributed by atoms with E-state index < -0.39 is 18.0 Å². The molecule has 0 spiro atoms. The average Bonchev–Trinajstić information content (AvgIpc) is 3.17. The first-order chi connectivity index (χ1) is 13.4. The molecule has 0 aromatic carbocycles. The fourth-order valence-electron chi connectivity index (χ4n) is 3.66. The van der Waals surface area contributed by atoms with Gasteiger partial charge in [-0.3, -0.25) is 14.4 Å². The van der Waals surface area contributed by atoms with E-state index in [2.05, 4.69) is 0 Å². The topological polar surface area (TPSA) is 173 Å². The van der Waals surface area contributed by atoms with Crippen molar-refractivity contribution in [1.29, 1.82) is 0 Å². The summed E-state index contributed by atoms with van der Waals surface area (Å²) in [6.07, 6.45) is 7.40. The normalized spacial score (nSPS) is 31.3. The van der Waals surface area contributed by atoms with Crippen LogP contribution < -0.4 is 11.5 Å². The maximum absolute atomic E-state index is 11.9. The van der Waals surface area contributed by atoms with E-state index in [0.29, 0.717) is 6.42 Å². The summed E-state index contributed by atoms with van der Waals surface area (Å²) < 4.78 is 17.3. The van der Waals surface area contributed by atoms with E-state index in [0.717, 1.165) is 52.5 Å². The monoisotopic (exact) mass is 598 g/mol. The molecule has 7 N–H and O–H groups in total. The zero-order valence-corrected chi connectivity index (χ0v) is 19.2. The van der Waals surface area contributed by atoms with Crippen molar-refractivity contribution in [3.8, 4) is 0 Å². The third-order valence-electron chi connectivity index (χ3n) is 5.30. The van der Waals surface area contributed by atoms with Crippen LogP contribution in [-0.4, -0.2) is 57.7 Å². The molecule has 1 saturated carbocycles. The van der Waals surface area contributed by atoms with E-state index in [-0.39, 0.29) is 48.1 Å². The number of nitrogens with two attached hydrogens (primary N) is 2. The first kappa shape index (κ1) is 28.3. The first-order valence-electron chi connectivity index (χ1n) is 9.91. The number of carbonyl (C=O) groups excluding carboxylic acids is 3. The number of ketones is 2. The number of ether oxygens (including phenoxy) is 2. The summed E-state index contributed by atoms with van der Waals surface area (Å²) in [5, 5.41) is 0. The molecule has 0 radical (unpaired) electrons. The van der Waals surface area contributed by atoms with Crippen LogP contribution in [0.25, 0.3) is 0 Å². The van der Waals surface area contributed by atoms with E-state index in [4.69, 9.17) is 24.7 Å². The van der Waals surface area contributed by atoms with Gasteiger partial charge in [-0.25, -0.2) is 0 Å². The molecule has 2 saturated heterocycles. The Morgan fingerprint density at radius 2 is 1.69 bits per heavy atom. The van der Waals surface area contributed by atoms with Gasteiger partial charge in [0.2, 0.25) is 0 Å². The van der Waals surface area contributed by atoms with Gasteiger partial charge in [-0.05, 0) is 39.0 Å². The molecule has 0 amide bonds. The summed E-state index contributed by atoms with van der Waals surface area (Å²) in [6.45, 7) is 2.39. The molecule has 0 bridgehead atoms. The Balaban J connectivity index is 0.000000601. The van der Waals surface area contributed by atoms with Crippen LogP contribution in [0.1, 0.15) is 64.7 Å². The molecule has 5 atom stereocenters. The van der Waals surface area contributed by atoms with Gasteiger partial charge in [0.05, 0.1) is 6.10 Å². The van der Waals surface area contributed by atoms with E-state index in [1.165, 1.54) is 12.8 Å². The molecule has 2 heterocycles. The van der Waals surface area contributed by atoms with Crippen molar-refractivity contribution in [3.63, 3.8) is 0 Å². The molecular formula is C19H35N2O7Pt. The molecule has 10 heteroatoms. The number of rotatable bonds is 4. The zero-order valence-electron chi connectivity index (χ0n) is 16.9. The van der Waals surface area contributed by atoms with Crippen LogP contribution in [-0.2, 0) is 44.1 Å². The van der Waals surface area contributed by atoms with Crippen LogP contribution in [0.3, 0.4) is 0 Å². The van der Waals surface area contributed by atoms with Crippen LogP contribution >= 0.6 is 0 Å². The molecule has 29 heavy (non-hydrogen) atoms. The van der Waals surface area contributed by atoms with Gasteiger partial charge in [0.15, 0.2) is 17.5 Å². The molecule has 1 aliphatic carbocycles. The molecule has 2 aliphatic heterocycles. The molecule has 3 unspecified atom stereocenters. The summed E-state index contributed by atoms with van der Waals surface area (Å²) in [6, 6.07) is 0.562. The van der Waals surface area contributed by atoms with E-state index in [1.54, 1.807) is 6.92 Å². The molecule has 173 valence electrons. The van der Waals surface area contributed by atoms with Gasteiger partial charge in [0.25, 0.3) is 0 Å². The van der Waals surface area contributed by atoms with Gasteiger partial charge < -0.3 is 26.4 Å². The summed E-state index contributed by atoms with van der Waals surface area (Å²) in [5.74, 6) is -2.51. The van der Waals surface area contributed by atoms with Gasteiger partial charge in [0.1, 0.15) is 6.10 Å². The first-order valence-corrected chi connectivity index (χ1v) is 10.9. The van der Waals surface area contributed by atoms with E-state index in [1.807, 2.05) is 0 Å². The van der Waals surface area contributed by atoms with Crippen LogP contribution in [0.5, 0.6) is 0 Å². The summed E-state index contributed by atoms with van der Waals surface area (Å²) in [7, 11) is 0. The van der Waals surface area contributed by atoms with Gasteiger partial charge >= 0.3 is 29.9 Å². The second-order valence-electron chi connectivity index (χ2n) is 7.60. The fourth-order valence-corrected chi connectivity index (χ4v) is 3.66. The van der Waals surface area contributed by atoms with Crippen molar-refractivity contribution < 1.29 is 53.3 Å². The number of hydrogen-bond donors (Lipinski definition) is 3. The van der Waals surface area contributed by atoms with Crippen molar-refractivity contribution in [1.82, 2.24) is 0 Å². The van der Waals surface area contributed by atoms with Gasteiger partial charge in [0, 0.05) is 31.5 Å². The van der Waals surface area contributed by atoms with Gasteiger partial charge in [-0.15, -0.1) is 0 Å². The quantitative estimate of drug-likeness (QED) is 0.296. The van der Waals surface area contributed by atoms with Crippen LogP contribution in [0.4, 0.5) is 0 Å². The Labute approximate surface area is 183 Å². The minimum atomic E-state index is -1.19. The summed E-state index contributed by atoms with van der Waals surface area (Å²) in [4.78, 5) is 35.2. The van der Waals surface area contributed by atoms with Crippen LogP contribution in [0, 0.1) is 5.92 Å². The Kier molecular flexibility index (Phi) is 14.8. The number of cyclic esters (lactones) is 1. The predicted molar refractivity (Wildman–Crippen MR) is 102 cm³/mol. The third-order valence-corrected chi connectivity index (χ3v) is 5.30. The Morgan fingerprint density at radius 3 is 2.14 bits per heavy atom. The number of carbonyl (C=O) groups is 3. The van der Waals surface area contributed by atoms with Crippen LogP contribution in [0.2, 0.25) is 0 Å². The van der Waals surface area contributed by atoms with Crippen molar-refractivity contribution in [2.24, 2.45) is 17.4 Å². The zero-order chi connectivity index (χ0) is 21.1. The molecule has 3 fully saturated rings. The van der Waals surface area contributed by atoms with Crippen molar-refractivity contribution in [2.45, 2.75) is 89.0 Å². The molecule has 9 nitrogen and oxygen atoms in total. The Morgan fingerprint density at radius 1 is 1.10 bits per heavy atom. The average molecular weight is 599 g/mol. The molecule has 0 aromatic rings. The molecule has 3 rings (SSSR count). The van der Waals surface area contributed by atoms with E-state index >= 15 is 0 Å². The van der Waals surface area contributed by atoms with Crippen LogP contribution in [0.15, 0.2) is 0 Å². The second-order valence-corrected chi connectivity index (χ2v) is 7.60. The van der Waals surface area contributed by atoms with Crippen molar-refractivity contribution in [2.75, 3.05) is 6.61 Å². The fraction of sp³-hybridized carbons (Fsp3) is 0.842. The Hall–Kier alpha value is -0.702. The SMILES string of the molecule is CC1CC(=O)C(C(=O)CCC2CCCO2)C(=O)O1.N[C@@H]1CCCC[C@H]1N.O.[OH][Pt]. The third kappa shape index (κ3) is 9.77.